The molecule has 2 rings (SSSR count). The number of guanidine groups is 1. The van der Waals surface area contributed by atoms with Gasteiger partial charge in [0.05, 0.1) is 20.8 Å². The Morgan fingerprint density at radius 2 is 1.86 bits per heavy atom. The first kappa shape index (κ1) is 25.8. The van der Waals surface area contributed by atoms with Gasteiger partial charge in [-0.05, 0) is 49.8 Å². The number of ether oxygens (including phenoxy) is 3. The van der Waals surface area contributed by atoms with Crippen LogP contribution >= 0.6 is 24.0 Å². The van der Waals surface area contributed by atoms with Crippen molar-refractivity contribution in [3.8, 4) is 11.5 Å². The SMILES string of the molecule is CCNC(=NCC(C)(C)c1ccc(OC)c(OC)c1)NCCCOCC1CC1.I. The monoisotopic (exact) mass is 519 g/mol. The minimum absolute atomic E-state index is 0. The van der Waals surface area contributed by atoms with Crippen molar-refractivity contribution in [1.29, 1.82) is 0 Å². The molecule has 29 heavy (non-hydrogen) atoms. The summed E-state index contributed by atoms with van der Waals surface area (Å²) in [6.45, 7) is 10.5. The predicted molar refractivity (Wildman–Crippen MR) is 130 cm³/mol. The number of hydrogen-bond donors (Lipinski definition) is 2. The zero-order chi connectivity index (χ0) is 20.4. The van der Waals surface area contributed by atoms with E-state index in [2.05, 4.69) is 37.5 Å². The molecule has 1 aliphatic carbocycles. The molecule has 6 nitrogen and oxygen atoms in total. The molecule has 0 bridgehead atoms. The summed E-state index contributed by atoms with van der Waals surface area (Å²) >= 11 is 0. The van der Waals surface area contributed by atoms with Crippen LogP contribution in [0.4, 0.5) is 0 Å². The molecule has 1 aliphatic rings. The smallest absolute Gasteiger partial charge is 0.191 e. The molecule has 166 valence electrons. The number of aliphatic imine (C=N–C) groups is 1. The average Bonchev–Trinajstić information content (AvgIpc) is 3.52. The number of methoxy groups -OCH3 is 2. The molecule has 0 unspecified atom stereocenters. The molecule has 0 amide bonds. The van der Waals surface area contributed by atoms with Crippen molar-refractivity contribution in [1.82, 2.24) is 10.6 Å². The first-order chi connectivity index (χ1) is 13.5. The molecule has 0 spiro atoms. The van der Waals surface area contributed by atoms with E-state index in [1.807, 2.05) is 12.1 Å². The highest BCUT2D eigenvalue weighted by Gasteiger charge is 2.22. The van der Waals surface area contributed by atoms with Gasteiger partial charge in [-0.1, -0.05) is 19.9 Å². The van der Waals surface area contributed by atoms with E-state index in [1.54, 1.807) is 14.2 Å². The Morgan fingerprint density at radius 1 is 1.14 bits per heavy atom. The van der Waals surface area contributed by atoms with E-state index in [0.717, 1.165) is 56.1 Å². The van der Waals surface area contributed by atoms with E-state index in [4.69, 9.17) is 19.2 Å². The van der Waals surface area contributed by atoms with E-state index < -0.39 is 0 Å². The predicted octanol–water partition coefficient (Wildman–Crippen LogP) is 3.97. The summed E-state index contributed by atoms with van der Waals surface area (Å²) in [6.07, 6.45) is 3.66. The highest BCUT2D eigenvalue weighted by molar-refractivity contribution is 14.0. The van der Waals surface area contributed by atoms with Crippen LogP contribution in [0.25, 0.3) is 0 Å². The summed E-state index contributed by atoms with van der Waals surface area (Å²) in [4.78, 5) is 4.80. The highest BCUT2D eigenvalue weighted by Crippen LogP contribution is 2.33. The van der Waals surface area contributed by atoms with Crippen molar-refractivity contribution in [2.75, 3.05) is 47.1 Å². The first-order valence-electron chi connectivity index (χ1n) is 10.3. The summed E-state index contributed by atoms with van der Waals surface area (Å²) in [5.41, 5.74) is 1.04. The Hall–Kier alpha value is -1.22. The minimum atomic E-state index is -0.130. The Kier molecular flexibility index (Phi) is 11.7. The molecule has 1 fully saturated rings. The molecule has 0 heterocycles. The molecule has 0 radical (unpaired) electrons. The van der Waals surface area contributed by atoms with Gasteiger partial charge in [-0.25, -0.2) is 0 Å². The van der Waals surface area contributed by atoms with Crippen LogP contribution in [0.15, 0.2) is 23.2 Å². The van der Waals surface area contributed by atoms with Crippen LogP contribution in [-0.4, -0.2) is 53.0 Å². The maximum absolute atomic E-state index is 5.69. The molecule has 2 N–H and O–H groups in total. The number of benzene rings is 1. The molecule has 1 saturated carbocycles. The summed E-state index contributed by atoms with van der Waals surface area (Å²) in [5, 5.41) is 6.72. The largest absolute Gasteiger partial charge is 0.493 e. The van der Waals surface area contributed by atoms with Crippen LogP contribution in [0.1, 0.15) is 45.6 Å². The maximum Gasteiger partial charge on any atom is 0.191 e. The van der Waals surface area contributed by atoms with Gasteiger partial charge in [0.15, 0.2) is 17.5 Å². The van der Waals surface area contributed by atoms with Gasteiger partial charge in [-0.3, -0.25) is 4.99 Å². The van der Waals surface area contributed by atoms with Gasteiger partial charge in [0, 0.05) is 31.7 Å². The van der Waals surface area contributed by atoms with E-state index in [9.17, 15) is 0 Å². The van der Waals surface area contributed by atoms with Crippen molar-refractivity contribution in [2.24, 2.45) is 10.9 Å². The molecule has 1 aromatic carbocycles. The lowest BCUT2D eigenvalue weighted by Gasteiger charge is -2.25. The van der Waals surface area contributed by atoms with Crippen LogP contribution in [0.3, 0.4) is 0 Å². The summed E-state index contributed by atoms with van der Waals surface area (Å²) in [6, 6.07) is 6.06. The van der Waals surface area contributed by atoms with Crippen LogP contribution < -0.4 is 20.1 Å². The topological polar surface area (TPSA) is 64.1 Å². The van der Waals surface area contributed by atoms with Gasteiger partial charge in [-0.2, -0.15) is 0 Å². The second-order valence-electron chi connectivity index (χ2n) is 7.95. The van der Waals surface area contributed by atoms with E-state index in [1.165, 1.54) is 18.4 Å². The van der Waals surface area contributed by atoms with Crippen molar-refractivity contribution >= 4 is 29.9 Å². The van der Waals surface area contributed by atoms with Crippen LogP contribution in [0.2, 0.25) is 0 Å². The van der Waals surface area contributed by atoms with Crippen molar-refractivity contribution in [3.05, 3.63) is 23.8 Å². The van der Waals surface area contributed by atoms with E-state index >= 15 is 0 Å². The fourth-order valence-corrected chi connectivity index (χ4v) is 2.88. The lowest BCUT2D eigenvalue weighted by atomic mass is 9.84. The fourth-order valence-electron chi connectivity index (χ4n) is 2.88. The Labute approximate surface area is 193 Å². The zero-order valence-corrected chi connectivity index (χ0v) is 20.9. The lowest BCUT2D eigenvalue weighted by Crippen LogP contribution is -2.39. The van der Waals surface area contributed by atoms with Crippen molar-refractivity contribution in [3.63, 3.8) is 0 Å². The molecule has 0 aliphatic heterocycles. The van der Waals surface area contributed by atoms with Gasteiger partial charge in [-0.15, -0.1) is 24.0 Å². The maximum atomic E-state index is 5.69. The average molecular weight is 519 g/mol. The normalized spacial score (nSPS) is 14.2. The number of hydrogen-bond acceptors (Lipinski definition) is 4. The summed E-state index contributed by atoms with van der Waals surface area (Å²) in [5.74, 6) is 3.15. The second-order valence-corrected chi connectivity index (χ2v) is 7.95. The minimum Gasteiger partial charge on any atom is -0.493 e. The van der Waals surface area contributed by atoms with Crippen LogP contribution in [-0.2, 0) is 10.2 Å². The van der Waals surface area contributed by atoms with Gasteiger partial charge in [0.2, 0.25) is 0 Å². The van der Waals surface area contributed by atoms with Gasteiger partial charge < -0.3 is 24.8 Å². The van der Waals surface area contributed by atoms with E-state index in [-0.39, 0.29) is 29.4 Å². The molecule has 7 heteroatoms. The molecule has 0 saturated heterocycles. The summed E-state index contributed by atoms with van der Waals surface area (Å²) in [7, 11) is 3.31. The van der Waals surface area contributed by atoms with Gasteiger partial charge in [0.1, 0.15) is 0 Å². The molecule has 0 aromatic heterocycles. The zero-order valence-electron chi connectivity index (χ0n) is 18.5. The Balaban J connectivity index is 0.00000420. The molecular weight excluding hydrogens is 481 g/mol. The number of nitrogens with zero attached hydrogens (tertiary/aromatic N) is 1. The number of halogens is 1. The first-order valence-corrected chi connectivity index (χ1v) is 10.3. The fraction of sp³-hybridized carbons (Fsp3) is 0.682. The molecule has 1 aromatic rings. The molecule has 0 atom stereocenters. The molecular formula is C22H38IN3O3. The lowest BCUT2D eigenvalue weighted by molar-refractivity contribution is 0.123. The third-order valence-corrected chi connectivity index (χ3v) is 4.95. The second kappa shape index (κ2) is 13.2. The third-order valence-electron chi connectivity index (χ3n) is 4.95. The van der Waals surface area contributed by atoms with E-state index in [0.29, 0.717) is 6.54 Å². The van der Waals surface area contributed by atoms with Crippen molar-refractivity contribution < 1.29 is 14.2 Å². The van der Waals surface area contributed by atoms with Crippen LogP contribution in [0.5, 0.6) is 11.5 Å². The third kappa shape index (κ3) is 8.99. The van der Waals surface area contributed by atoms with Crippen molar-refractivity contribution in [2.45, 2.75) is 45.4 Å². The Morgan fingerprint density at radius 3 is 2.48 bits per heavy atom. The van der Waals surface area contributed by atoms with Crippen LogP contribution in [0, 0.1) is 5.92 Å². The Bertz CT molecular complexity index is 634. The number of nitrogens with one attached hydrogen (secondary N) is 2. The highest BCUT2D eigenvalue weighted by atomic mass is 127. The quantitative estimate of drug-likeness (QED) is 0.189. The van der Waals surface area contributed by atoms with Gasteiger partial charge >= 0.3 is 0 Å². The number of rotatable bonds is 12. The summed E-state index contributed by atoms with van der Waals surface area (Å²) < 4.78 is 16.5. The van der Waals surface area contributed by atoms with Gasteiger partial charge in [0.25, 0.3) is 0 Å². The standard InChI is InChI=1S/C22H37N3O3.HI/c1-6-23-21(24-12-7-13-28-15-17-8-9-17)25-16-22(2,3)18-10-11-19(26-4)20(14-18)27-5;/h10-11,14,17H,6-9,12-13,15-16H2,1-5H3,(H2,23,24,25);1H.